The Bertz CT molecular complexity index is 654. The minimum atomic E-state index is -0.00861. The molecule has 0 saturated heterocycles. The molecule has 0 bridgehead atoms. The lowest BCUT2D eigenvalue weighted by atomic mass is 10.1. The van der Waals surface area contributed by atoms with Crippen LogP contribution in [-0.2, 0) is 0 Å². The summed E-state index contributed by atoms with van der Waals surface area (Å²) in [4.78, 5) is 20.9. The zero-order chi connectivity index (χ0) is 14.8. The Balaban J connectivity index is 1.93. The molecular formula is C16H18N4O. The number of nitrogens with one attached hydrogen (secondary N) is 1. The first-order valence-corrected chi connectivity index (χ1v) is 6.96. The summed E-state index contributed by atoms with van der Waals surface area (Å²) in [5.74, 6) is 0.746. The van der Waals surface area contributed by atoms with Gasteiger partial charge in [-0.15, -0.1) is 0 Å². The van der Waals surface area contributed by atoms with Gasteiger partial charge in [-0.2, -0.15) is 0 Å². The Kier molecular flexibility index (Phi) is 3.48. The van der Waals surface area contributed by atoms with Gasteiger partial charge in [0.2, 0.25) is 0 Å². The van der Waals surface area contributed by atoms with Gasteiger partial charge in [0, 0.05) is 33.4 Å². The molecule has 1 aromatic heterocycles. The minimum Gasteiger partial charge on any atom is -0.373 e. The molecule has 108 valence electrons. The molecule has 0 unspecified atom stereocenters. The van der Waals surface area contributed by atoms with Crippen LogP contribution in [0.25, 0.3) is 0 Å². The number of aromatic nitrogens is 1. The van der Waals surface area contributed by atoms with E-state index in [9.17, 15) is 4.79 Å². The standard InChI is InChI=1S/C16H18N4O/c1-17-15-8-7-12(11-18-15)16(21)20-10-9-19(2)13-5-3-4-6-14(13)20/h3-8,11H,9-10H2,1-2H3,(H,17,18). The Morgan fingerprint density at radius 1 is 1.14 bits per heavy atom. The number of hydrogen-bond donors (Lipinski definition) is 1. The van der Waals surface area contributed by atoms with Gasteiger partial charge >= 0.3 is 0 Å². The van der Waals surface area contributed by atoms with Crippen molar-refractivity contribution in [1.29, 1.82) is 0 Å². The van der Waals surface area contributed by atoms with Crippen LogP contribution in [0.15, 0.2) is 42.6 Å². The maximum absolute atomic E-state index is 12.7. The number of hydrogen-bond acceptors (Lipinski definition) is 4. The number of para-hydroxylation sites is 2. The topological polar surface area (TPSA) is 48.5 Å². The largest absolute Gasteiger partial charge is 0.373 e. The van der Waals surface area contributed by atoms with Crippen LogP contribution < -0.4 is 15.1 Å². The molecule has 1 aromatic carbocycles. The summed E-state index contributed by atoms with van der Waals surface area (Å²) < 4.78 is 0. The van der Waals surface area contributed by atoms with Crippen molar-refractivity contribution in [3.63, 3.8) is 0 Å². The fourth-order valence-electron chi connectivity index (χ4n) is 2.54. The van der Waals surface area contributed by atoms with E-state index in [0.717, 1.165) is 23.7 Å². The predicted octanol–water partition coefficient (Wildman–Crippen LogP) is 2.22. The molecule has 0 saturated carbocycles. The van der Waals surface area contributed by atoms with E-state index in [1.54, 1.807) is 13.2 Å². The van der Waals surface area contributed by atoms with Crippen molar-refractivity contribution >= 4 is 23.1 Å². The van der Waals surface area contributed by atoms with Gasteiger partial charge < -0.3 is 15.1 Å². The molecule has 0 atom stereocenters. The summed E-state index contributed by atoms with van der Waals surface area (Å²) in [5.41, 5.74) is 2.64. The molecule has 21 heavy (non-hydrogen) atoms. The SMILES string of the molecule is CNc1ccc(C(=O)N2CCN(C)c3ccccc32)cn1. The van der Waals surface area contributed by atoms with Gasteiger partial charge in [0.05, 0.1) is 16.9 Å². The van der Waals surface area contributed by atoms with Gasteiger partial charge in [0.1, 0.15) is 5.82 Å². The Labute approximate surface area is 124 Å². The van der Waals surface area contributed by atoms with Gasteiger partial charge in [-0.25, -0.2) is 4.98 Å². The third-order valence-electron chi connectivity index (χ3n) is 3.75. The fourth-order valence-corrected chi connectivity index (χ4v) is 2.54. The van der Waals surface area contributed by atoms with E-state index >= 15 is 0 Å². The lowest BCUT2D eigenvalue weighted by Crippen LogP contribution is -2.42. The molecule has 5 nitrogen and oxygen atoms in total. The van der Waals surface area contributed by atoms with Crippen LogP contribution in [0.2, 0.25) is 0 Å². The quantitative estimate of drug-likeness (QED) is 0.917. The molecule has 1 aliphatic rings. The number of anilines is 3. The summed E-state index contributed by atoms with van der Waals surface area (Å²) in [6, 6.07) is 11.6. The second kappa shape index (κ2) is 5.44. The van der Waals surface area contributed by atoms with Gasteiger partial charge in [-0.3, -0.25) is 4.79 Å². The summed E-state index contributed by atoms with van der Waals surface area (Å²) in [6.45, 7) is 1.50. The van der Waals surface area contributed by atoms with Crippen molar-refractivity contribution < 1.29 is 4.79 Å². The third kappa shape index (κ3) is 2.42. The number of likely N-dealkylation sites (N-methyl/N-ethyl adjacent to an activating group) is 1. The predicted molar refractivity (Wildman–Crippen MR) is 85.2 cm³/mol. The second-order valence-corrected chi connectivity index (χ2v) is 5.05. The van der Waals surface area contributed by atoms with Crippen LogP contribution in [-0.4, -0.2) is 38.1 Å². The van der Waals surface area contributed by atoms with Gasteiger partial charge in [-0.05, 0) is 24.3 Å². The van der Waals surface area contributed by atoms with Gasteiger partial charge in [0.15, 0.2) is 0 Å². The number of amides is 1. The monoisotopic (exact) mass is 282 g/mol. The maximum atomic E-state index is 12.7. The van der Waals surface area contributed by atoms with E-state index < -0.39 is 0 Å². The lowest BCUT2D eigenvalue weighted by molar-refractivity contribution is 0.0986. The van der Waals surface area contributed by atoms with Crippen molar-refractivity contribution in [3.8, 4) is 0 Å². The molecule has 0 aliphatic carbocycles. The number of rotatable bonds is 2. The van der Waals surface area contributed by atoms with Crippen LogP contribution in [0.4, 0.5) is 17.2 Å². The molecule has 2 heterocycles. The van der Waals surface area contributed by atoms with Crippen molar-refractivity contribution in [2.24, 2.45) is 0 Å². The molecule has 2 aromatic rings. The smallest absolute Gasteiger partial charge is 0.259 e. The first-order chi connectivity index (χ1) is 10.2. The average molecular weight is 282 g/mol. The first-order valence-electron chi connectivity index (χ1n) is 6.96. The first kappa shape index (κ1) is 13.4. The normalized spacial score (nSPS) is 13.8. The van der Waals surface area contributed by atoms with E-state index in [4.69, 9.17) is 0 Å². The third-order valence-corrected chi connectivity index (χ3v) is 3.75. The second-order valence-electron chi connectivity index (χ2n) is 5.05. The maximum Gasteiger partial charge on any atom is 0.259 e. The zero-order valence-corrected chi connectivity index (χ0v) is 12.2. The van der Waals surface area contributed by atoms with Crippen molar-refractivity contribution in [2.45, 2.75) is 0 Å². The molecule has 1 amide bonds. The average Bonchev–Trinajstić information content (AvgIpc) is 2.55. The van der Waals surface area contributed by atoms with Crippen LogP contribution in [0.1, 0.15) is 10.4 Å². The molecular weight excluding hydrogens is 264 g/mol. The van der Waals surface area contributed by atoms with Crippen LogP contribution in [0.3, 0.4) is 0 Å². The summed E-state index contributed by atoms with van der Waals surface area (Å²) in [6.07, 6.45) is 1.62. The van der Waals surface area contributed by atoms with E-state index in [1.807, 2.05) is 48.3 Å². The number of fused-ring (bicyclic) bond motifs is 1. The summed E-state index contributed by atoms with van der Waals surface area (Å²) in [7, 11) is 3.85. The molecule has 0 spiro atoms. The van der Waals surface area contributed by atoms with E-state index in [-0.39, 0.29) is 5.91 Å². The lowest BCUT2D eigenvalue weighted by Gasteiger charge is -2.35. The fraction of sp³-hybridized carbons (Fsp3) is 0.250. The molecule has 1 aliphatic heterocycles. The Hall–Kier alpha value is -2.56. The number of nitrogens with zero attached hydrogens (tertiary/aromatic N) is 3. The van der Waals surface area contributed by atoms with Gasteiger partial charge in [-0.1, -0.05) is 12.1 Å². The molecule has 1 N–H and O–H groups in total. The van der Waals surface area contributed by atoms with Crippen molar-refractivity contribution in [1.82, 2.24) is 4.98 Å². The molecule has 5 heteroatoms. The van der Waals surface area contributed by atoms with Crippen LogP contribution >= 0.6 is 0 Å². The number of carbonyl (C=O) groups is 1. The van der Waals surface area contributed by atoms with Crippen molar-refractivity contribution in [3.05, 3.63) is 48.2 Å². The highest BCUT2D eigenvalue weighted by Crippen LogP contribution is 2.32. The summed E-state index contributed by atoms with van der Waals surface area (Å²) in [5, 5.41) is 2.95. The Morgan fingerprint density at radius 2 is 1.90 bits per heavy atom. The number of carbonyl (C=O) groups excluding carboxylic acids is 1. The number of pyridine rings is 1. The van der Waals surface area contributed by atoms with E-state index in [2.05, 4.69) is 15.2 Å². The van der Waals surface area contributed by atoms with E-state index in [1.165, 1.54) is 0 Å². The van der Waals surface area contributed by atoms with Gasteiger partial charge in [0.25, 0.3) is 5.91 Å². The highest BCUT2D eigenvalue weighted by atomic mass is 16.2. The Morgan fingerprint density at radius 3 is 2.57 bits per heavy atom. The highest BCUT2D eigenvalue weighted by Gasteiger charge is 2.25. The highest BCUT2D eigenvalue weighted by molar-refractivity contribution is 6.08. The zero-order valence-electron chi connectivity index (χ0n) is 12.2. The molecule has 0 fully saturated rings. The minimum absolute atomic E-state index is 0.00861. The number of benzene rings is 1. The summed E-state index contributed by atoms with van der Waals surface area (Å²) >= 11 is 0. The molecule has 0 radical (unpaired) electrons. The van der Waals surface area contributed by atoms with Crippen LogP contribution in [0, 0.1) is 0 Å². The van der Waals surface area contributed by atoms with E-state index in [0.29, 0.717) is 12.1 Å². The molecule has 3 rings (SSSR count). The van der Waals surface area contributed by atoms with Crippen molar-refractivity contribution in [2.75, 3.05) is 42.3 Å². The van der Waals surface area contributed by atoms with Crippen LogP contribution in [0.5, 0.6) is 0 Å².